The van der Waals surface area contributed by atoms with E-state index in [9.17, 15) is 0 Å². The first-order chi connectivity index (χ1) is 9.85. The number of nitrogens with zero attached hydrogens (tertiary/aromatic N) is 3. The van der Waals surface area contributed by atoms with Crippen molar-refractivity contribution in [2.45, 2.75) is 19.5 Å². The summed E-state index contributed by atoms with van der Waals surface area (Å²) in [6.07, 6.45) is 5.71. The van der Waals surface area contributed by atoms with Crippen molar-refractivity contribution >= 4 is 10.8 Å². The van der Waals surface area contributed by atoms with Gasteiger partial charge in [-0.05, 0) is 25.4 Å². The van der Waals surface area contributed by atoms with Crippen LogP contribution in [0.1, 0.15) is 24.5 Å². The van der Waals surface area contributed by atoms with Gasteiger partial charge in [0, 0.05) is 30.5 Å². The summed E-state index contributed by atoms with van der Waals surface area (Å²) in [6, 6.07) is 10.4. The van der Waals surface area contributed by atoms with Gasteiger partial charge in [0.1, 0.15) is 11.9 Å². The number of aromatic nitrogens is 3. The molecule has 3 aromatic rings. The van der Waals surface area contributed by atoms with Crippen LogP contribution in [0.5, 0.6) is 0 Å². The van der Waals surface area contributed by atoms with Crippen LogP contribution in [0.25, 0.3) is 10.8 Å². The maximum absolute atomic E-state index is 4.59. The molecule has 0 saturated carbocycles. The van der Waals surface area contributed by atoms with E-state index in [0.29, 0.717) is 0 Å². The fourth-order valence-corrected chi connectivity index (χ4v) is 2.61. The van der Waals surface area contributed by atoms with E-state index in [-0.39, 0.29) is 6.04 Å². The maximum atomic E-state index is 4.59. The van der Waals surface area contributed by atoms with E-state index in [1.165, 1.54) is 10.8 Å². The summed E-state index contributed by atoms with van der Waals surface area (Å²) in [5.41, 5.74) is 1.02. The zero-order valence-electron chi connectivity index (χ0n) is 11.7. The molecule has 0 saturated heterocycles. The van der Waals surface area contributed by atoms with Crippen LogP contribution in [0.2, 0.25) is 0 Å². The minimum absolute atomic E-state index is 0.00366. The molecule has 0 fully saturated rings. The van der Waals surface area contributed by atoms with Crippen molar-refractivity contribution in [3.8, 4) is 0 Å². The number of fused-ring (bicyclic) bond motifs is 1. The molecule has 1 unspecified atom stereocenters. The monoisotopic (exact) mass is 266 g/mol. The van der Waals surface area contributed by atoms with Gasteiger partial charge in [-0.1, -0.05) is 24.3 Å². The van der Waals surface area contributed by atoms with Crippen molar-refractivity contribution in [3.05, 3.63) is 60.4 Å². The minimum atomic E-state index is -0.00366. The third kappa shape index (κ3) is 2.08. The first-order valence-corrected chi connectivity index (χ1v) is 6.87. The number of nitrogens with one attached hydrogen (secondary N) is 1. The molecule has 0 amide bonds. The van der Waals surface area contributed by atoms with Crippen molar-refractivity contribution < 1.29 is 0 Å². The lowest BCUT2D eigenvalue weighted by Gasteiger charge is -2.18. The first kappa shape index (κ1) is 12.8. The second-order valence-electron chi connectivity index (χ2n) is 4.71. The largest absolute Gasteiger partial charge is 0.334 e. The van der Waals surface area contributed by atoms with Gasteiger partial charge in [0.15, 0.2) is 0 Å². The van der Waals surface area contributed by atoms with Crippen molar-refractivity contribution in [1.82, 2.24) is 19.9 Å². The molecule has 102 valence electrons. The van der Waals surface area contributed by atoms with E-state index in [0.717, 1.165) is 18.1 Å². The molecule has 4 nitrogen and oxygen atoms in total. The lowest BCUT2D eigenvalue weighted by molar-refractivity contribution is 0.582. The fourth-order valence-electron chi connectivity index (χ4n) is 2.61. The fraction of sp³-hybridized carbons (Fsp3) is 0.250. The van der Waals surface area contributed by atoms with Gasteiger partial charge in [0.05, 0.1) is 5.69 Å². The van der Waals surface area contributed by atoms with Crippen molar-refractivity contribution in [1.29, 1.82) is 0 Å². The Labute approximate surface area is 118 Å². The smallest absolute Gasteiger partial charge is 0.132 e. The molecule has 1 N–H and O–H groups in total. The van der Waals surface area contributed by atoms with E-state index >= 15 is 0 Å². The van der Waals surface area contributed by atoms with Gasteiger partial charge >= 0.3 is 0 Å². The van der Waals surface area contributed by atoms with Crippen molar-refractivity contribution in [2.24, 2.45) is 0 Å². The van der Waals surface area contributed by atoms with Crippen molar-refractivity contribution in [2.75, 3.05) is 7.05 Å². The molecular formula is C16H18N4. The number of pyridine rings is 1. The highest BCUT2D eigenvalue weighted by atomic mass is 15.1. The third-order valence-corrected chi connectivity index (χ3v) is 3.61. The van der Waals surface area contributed by atoms with Gasteiger partial charge < -0.3 is 9.88 Å². The summed E-state index contributed by atoms with van der Waals surface area (Å²) in [7, 11) is 1.95. The number of benzene rings is 1. The quantitative estimate of drug-likeness (QED) is 0.789. The zero-order chi connectivity index (χ0) is 13.9. The molecule has 2 heterocycles. The van der Waals surface area contributed by atoms with E-state index in [2.05, 4.69) is 38.9 Å². The van der Waals surface area contributed by atoms with Crippen LogP contribution in [-0.4, -0.2) is 21.6 Å². The molecule has 0 aliphatic rings. The van der Waals surface area contributed by atoms with Crippen LogP contribution in [0.3, 0.4) is 0 Å². The average molecular weight is 266 g/mol. The molecule has 1 atom stereocenters. The number of imidazole rings is 1. The van der Waals surface area contributed by atoms with Gasteiger partial charge in [-0.3, -0.25) is 4.98 Å². The van der Waals surface area contributed by atoms with Crippen LogP contribution >= 0.6 is 0 Å². The third-order valence-electron chi connectivity index (χ3n) is 3.61. The number of rotatable bonds is 4. The molecule has 0 aliphatic carbocycles. The second kappa shape index (κ2) is 5.43. The van der Waals surface area contributed by atoms with Gasteiger partial charge in [-0.15, -0.1) is 0 Å². The Kier molecular flexibility index (Phi) is 3.48. The summed E-state index contributed by atoms with van der Waals surface area (Å²) in [5, 5.41) is 5.71. The Morgan fingerprint density at radius 3 is 2.80 bits per heavy atom. The lowest BCUT2D eigenvalue weighted by Crippen LogP contribution is -2.23. The molecule has 0 radical (unpaired) electrons. The highest BCUT2D eigenvalue weighted by molar-refractivity contribution is 5.84. The predicted octanol–water partition coefficient (Wildman–Crippen LogP) is 2.76. The molecule has 1 aromatic carbocycles. The van der Waals surface area contributed by atoms with E-state index in [1.54, 1.807) is 0 Å². The Hall–Kier alpha value is -2.20. The molecule has 3 rings (SSSR count). The molecular weight excluding hydrogens is 248 g/mol. The SMILES string of the molecule is CCn1ccnc1C(NC)c1nccc2ccccc12. The Balaban J connectivity index is 2.17. The van der Waals surface area contributed by atoms with Crippen LogP contribution in [0, 0.1) is 0 Å². The zero-order valence-corrected chi connectivity index (χ0v) is 11.7. The highest BCUT2D eigenvalue weighted by Crippen LogP contribution is 2.26. The summed E-state index contributed by atoms with van der Waals surface area (Å²) >= 11 is 0. The maximum Gasteiger partial charge on any atom is 0.132 e. The Morgan fingerprint density at radius 1 is 1.15 bits per heavy atom. The Bertz CT molecular complexity index is 712. The van der Waals surface area contributed by atoms with Gasteiger partial charge in [-0.2, -0.15) is 0 Å². The van der Waals surface area contributed by atoms with E-state index < -0.39 is 0 Å². The normalized spacial score (nSPS) is 12.7. The molecule has 0 bridgehead atoms. The van der Waals surface area contributed by atoms with Crippen LogP contribution < -0.4 is 5.32 Å². The lowest BCUT2D eigenvalue weighted by atomic mass is 10.0. The van der Waals surface area contributed by atoms with Crippen LogP contribution in [0.15, 0.2) is 48.9 Å². The molecule has 20 heavy (non-hydrogen) atoms. The minimum Gasteiger partial charge on any atom is -0.334 e. The van der Waals surface area contributed by atoms with Gasteiger partial charge in [0.25, 0.3) is 0 Å². The number of hydrogen-bond donors (Lipinski definition) is 1. The predicted molar refractivity (Wildman–Crippen MR) is 80.5 cm³/mol. The number of hydrogen-bond acceptors (Lipinski definition) is 3. The number of aryl methyl sites for hydroxylation is 1. The van der Waals surface area contributed by atoms with Gasteiger partial charge in [0.2, 0.25) is 0 Å². The highest BCUT2D eigenvalue weighted by Gasteiger charge is 2.20. The molecule has 0 aliphatic heterocycles. The summed E-state index contributed by atoms with van der Waals surface area (Å²) < 4.78 is 2.14. The van der Waals surface area contributed by atoms with Crippen molar-refractivity contribution in [3.63, 3.8) is 0 Å². The Morgan fingerprint density at radius 2 is 2.00 bits per heavy atom. The summed E-state index contributed by atoms with van der Waals surface area (Å²) in [6.45, 7) is 3.02. The summed E-state index contributed by atoms with van der Waals surface area (Å²) in [4.78, 5) is 9.10. The standard InChI is InChI=1S/C16H18N4/c1-3-20-11-10-19-16(20)15(17-2)14-13-7-5-4-6-12(13)8-9-18-14/h4-11,15,17H,3H2,1-2H3. The van der Waals surface area contributed by atoms with Crippen LogP contribution in [0.4, 0.5) is 0 Å². The molecule has 4 heteroatoms. The molecule has 0 spiro atoms. The van der Waals surface area contributed by atoms with E-state index in [4.69, 9.17) is 0 Å². The topological polar surface area (TPSA) is 42.7 Å². The summed E-state index contributed by atoms with van der Waals surface area (Å²) in [5.74, 6) is 0.999. The first-order valence-electron chi connectivity index (χ1n) is 6.87. The second-order valence-corrected chi connectivity index (χ2v) is 4.71. The van der Waals surface area contributed by atoms with E-state index in [1.807, 2.05) is 43.8 Å². The molecule has 2 aromatic heterocycles. The van der Waals surface area contributed by atoms with Gasteiger partial charge in [-0.25, -0.2) is 4.98 Å². The average Bonchev–Trinajstić information content (AvgIpc) is 2.97. The van der Waals surface area contributed by atoms with Crippen LogP contribution in [-0.2, 0) is 6.54 Å².